The summed E-state index contributed by atoms with van der Waals surface area (Å²) in [5.74, 6) is 0.788. The van der Waals surface area contributed by atoms with Crippen molar-refractivity contribution < 1.29 is 9.18 Å². The highest BCUT2D eigenvalue weighted by atomic mass is 35.5. The number of amides is 1. The van der Waals surface area contributed by atoms with Crippen LogP contribution in [0.1, 0.15) is 65.2 Å². The van der Waals surface area contributed by atoms with Gasteiger partial charge in [-0.25, -0.2) is 4.39 Å². The summed E-state index contributed by atoms with van der Waals surface area (Å²) < 4.78 is 13.2. The number of halogens is 2. The van der Waals surface area contributed by atoms with Gasteiger partial charge in [0.2, 0.25) is 5.91 Å². The summed E-state index contributed by atoms with van der Waals surface area (Å²) in [7, 11) is 0. The van der Waals surface area contributed by atoms with E-state index in [4.69, 9.17) is 11.6 Å². The van der Waals surface area contributed by atoms with Crippen LogP contribution in [-0.2, 0) is 4.79 Å². The zero-order chi connectivity index (χ0) is 17.5. The molecule has 4 heteroatoms. The average molecular weight is 354 g/mol. The molecule has 134 valence electrons. The molecule has 1 aliphatic carbocycles. The minimum absolute atomic E-state index is 0.00830. The number of carbonyl (C=O) groups excluding carboxylic acids is 1. The molecule has 0 spiro atoms. The van der Waals surface area contributed by atoms with Crippen molar-refractivity contribution in [3.8, 4) is 0 Å². The lowest BCUT2D eigenvalue weighted by atomic mass is 9.85. The SMILES string of the molecule is CCC1CCCCC(C(C)C(=O)Nc2ccc(F)c(Cl)c2)CCC1. The van der Waals surface area contributed by atoms with Gasteiger partial charge in [-0.3, -0.25) is 4.79 Å². The smallest absolute Gasteiger partial charge is 0.227 e. The molecule has 1 amide bonds. The predicted octanol–water partition coefficient (Wildman–Crippen LogP) is 6.44. The molecule has 3 unspecified atom stereocenters. The maximum absolute atomic E-state index is 13.2. The number of hydrogen-bond acceptors (Lipinski definition) is 1. The highest BCUT2D eigenvalue weighted by Crippen LogP contribution is 2.31. The third-order valence-electron chi connectivity index (χ3n) is 5.51. The zero-order valence-corrected chi connectivity index (χ0v) is 15.5. The summed E-state index contributed by atoms with van der Waals surface area (Å²) in [5.41, 5.74) is 0.562. The maximum Gasteiger partial charge on any atom is 0.227 e. The first kappa shape index (κ1) is 19.2. The number of carbonyl (C=O) groups is 1. The molecule has 1 fully saturated rings. The average Bonchev–Trinajstić information content (AvgIpc) is 2.69. The van der Waals surface area contributed by atoms with Crippen molar-refractivity contribution in [3.63, 3.8) is 0 Å². The van der Waals surface area contributed by atoms with Gasteiger partial charge in [-0.05, 0) is 42.9 Å². The van der Waals surface area contributed by atoms with E-state index in [1.165, 1.54) is 50.7 Å². The summed E-state index contributed by atoms with van der Waals surface area (Å²) in [4.78, 5) is 12.6. The molecule has 1 aliphatic rings. The second kappa shape index (κ2) is 9.41. The van der Waals surface area contributed by atoms with Crippen LogP contribution in [0.4, 0.5) is 10.1 Å². The molecule has 24 heavy (non-hydrogen) atoms. The van der Waals surface area contributed by atoms with Crippen LogP contribution in [0.3, 0.4) is 0 Å². The van der Waals surface area contributed by atoms with Gasteiger partial charge < -0.3 is 5.32 Å². The number of anilines is 1. The summed E-state index contributed by atoms with van der Waals surface area (Å²) in [6.07, 6.45) is 9.82. The molecule has 2 rings (SSSR count). The zero-order valence-electron chi connectivity index (χ0n) is 14.8. The molecule has 0 aromatic heterocycles. The fraction of sp³-hybridized carbons (Fsp3) is 0.650. The summed E-state index contributed by atoms with van der Waals surface area (Å²) >= 11 is 5.78. The monoisotopic (exact) mass is 353 g/mol. The molecule has 0 heterocycles. The van der Waals surface area contributed by atoms with Crippen molar-refractivity contribution >= 4 is 23.2 Å². The highest BCUT2D eigenvalue weighted by Gasteiger charge is 2.25. The lowest BCUT2D eigenvalue weighted by Crippen LogP contribution is -2.27. The predicted molar refractivity (Wildman–Crippen MR) is 98.8 cm³/mol. The third kappa shape index (κ3) is 5.47. The Morgan fingerprint density at radius 2 is 1.92 bits per heavy atom. The van der Waals surface area contributed by atoms with Gasteiger partial charge in [-0.15, -0.1) is 0 Å². The molecule has 3 atom stereocenters. The Morgan fingerprint density at radius 1 is 1.25 bits per heavy atom. The van der Waals surface area contributed by atoms with E-state index in [9.17, 15) is 9.18 Å². The van der Waals surface area contributed by atoms with Crippen molar-refractivity contribution in [1.82, 2.24) is 0 Å². The van der Waals surface area contributed by atoms with Gasteiger partial charge in [0, 0.05) is 11.6 Å². The Bertz CT molecular complexity index is 548. The minimum Gasteiger partial charge on any atom is -0.326 e. The summed E-state index contributed by atoms with van der Waals surface area (Å²) in [6.45, 7) is 4.30. The van der Waals surface area contributed by atoms with E-state index in [-0.39, 0.29) is 16.8 Å². The molecular formula is C20H29ClFNO. The molecule has 1 N–H and O–H groups in total. The van der Waals surface area contributed by atoms with Crippen molar-refractivity contribution in [2.75, 3.05) is 5.32 Å². The first-order chi connectivity index (χ1) is 11.5. The fourth-order valence-electron chi connectivity index (χ4n) is 3.75. The molecule has 0 aliphatic heterocycles. The topological polar surface area (TPSA) is 29.1 Å². The Labute approximate surface area is 150 Å². The van der Waals surface area contributed by atoms with Crippen molar-refractivity contribution in [3.05, 3.63) is 29.0 Å². The lowest BCUT2D eigenvalue weighted by Gasteiger charge is -2.23. The summed E-state index contributed by atoms with van der Waals surface area (Å²) in [5, 5.41) is 2.92. The molecule has 2 nitrogen and oxygen atoms in total. The van der Waals surface area contributed by atoms with Crippen LogP contribution in [0.25, 0.3) is 0 Å². The quantitative estimate of drug-likeness (QED) is 0.662. The number of rotatable bonds is 4. The van der Waals surface area contributed by atoms with Crippen LogP contribution < -0.4 is 5.32 Å². The van der Waals surface area contributed by atoms with Gasteiger partial charge in [0.05, 0.1) is 5.02 Å². The van der Waals surface area contributed by atoms with Crippen LogP contribution in [-0.4, -0.2) is 5.91 Å². The van der Waals surface area contributed by atoms with E-state index < -0.39 is 5.82 Å². The maximum atomic E-state index is 13.2. The Balaban J connectivity index is 1.94. The first-order valence-corrected chi connectivity index (χ1v) is 9.65. The van der Waals surface area contributed by atoms with E-state index in [2.05, 4.69) is 12.2 Å². The molecule has 0 saturated heterocycles. The number of nitrogens with one attached hydrogen (secondary N) is 1. The molecule has 1 aromatic carbocycles. The molecule has 1 saturated carbocycles. The second-order valence-electron chi connectivity index (χ2n) is 7.16. The van der Waals surface area contributed by atoms with Gasteiger partial charge in [0.1, 0.15) is 5.82 Å². The van der Waals surface area contributed by atoms with Crippen LogP contribution in [0.2, 0.25) is 5.02 Å². The van der Waals surface area contributed by atoms with E-state index in [0.717, 1.165) is 18.8 Å². The van der Waals surface area contributed by atoms with E-state index >= 15 is 0 Å². The third-order valence-corrected chi connectivity index (χ3v) is 5.80. The van der Waals surface area contributed by atoms with Crippen molar-refractivity contribution in [2.24, 2.45) is 17.8 Å². The number of hydrogen-bond donors (Lipinski definition) is 1. The fourth-order valence-corrected chi connectivity index (χ4v) is 3.93. The van der Waals surface area contributed by atoms with Crippen molar-refractivity contribution in [1.29, 1.82) is 0 Å². The number of benzene rings is 1. The molecular weight excluding hydrogens is 325 g/mol. The Hall–Kier alpha value is -1.09. The van der Waals surface area contributed by atoms with E-state index in [1.807, 2.05) is 6.92 Å². The van der Waals surface area contributed by atoms with Gasteiger partial charge in [0.25, 0.3) is 0 Å². The van der Waals surface area contributed by atoms with Gasteiger partial charge in [-0.2, -0.15) is 0 Å². The second-order valence-corrected chi connectivity index (χ2v) is 7.56. The molecule has 1 aromatic rings. The Morgan fingerprint density at radius 3 is 2.62 bits per heavy atom. The normalized spacial score (nSPS) is 23.7. The first-order valence-electron chi connectivity index (χ1n) is 9.27. The standard InChI is InChI=1S/C20H29ClFNO/c1-3-15-7-4-5-9-16(10-6-8-15)14(2)20(24)23-17-11-12-19(22)18(21)13-17/h11-16H,3-10H2,1-2H3,(H,23,24). The van der Waals surface area contributed by atoms with Crippen LogP contribution in [0.15, 0.2) is 18.2 Å². The largest absolute Gasteiger partial charge is 0.326 e. The summed E-state index contributed by atoms with van der Waals surface area (Å²) in [6, 6.07) is 4.31. The highest BCUT2D eigenvalue weighted by molar-refractivity contribution is 6.31. The van der Waals surface area contributed by atoms with Gasteiger partial charge in [0.15, 0.2) is 0 Å². The molecule has 0 bridgehead atoms. The Kier molecular flexibility index (Phi) is 7.54. The van der Waals surface area contributed by atoms with Crippen molar-refractivity contribution in [2.45, 2.75) is 65.2 Å². The van der Waals surface area contributed by atoms with E-state index in [1.54, 1.807) is 6.07 Å². The lowest BCUT2D eigenvalue weighted by molar-refractivity contribution is -0.121. The van der Waals surface area contributed by atoms with Gasteiger partial charge in [-0.1, -0.05) is 64.0 Å². The van der Waals surface area contributed by atoms with Crippen LogP contribution >= 0.6 is 11.6 Å². The minimum atomic E-state index is -0.468. The van der Waals surface area contributed by atoms with E-state index in [0.29, 0.717) is 11.6 Å². The van der Waals surface area contributed by atoms with Crippen LogP contribution in [0.5, 0.6) is 0 Å². The van der Waals surface area contributed by atoms with Gasteiger partial charge >= 0.3 is 0 Å². The van der Waals surface area contributed by atoms with Crippen LogP contribution in [0, 0.1) is 23.6 Å². The molecule has 0 radical (unpaired) electrons.